The smallest absolute Gasteiger partial charge is 0.0414 e. The Balaban J connectivity index is 1.80. The quantitative estimate of drug-likeness (QED) is 0.884. The van der Waals surface area contributed by atoms with Crippen LogP contribution in [-0.2, 0) is 0 Å². The molecule has 2 aliphatic rings. The van der Waals surface area contributed by atoms with Gasteiger partial charge in [-0.15, -0.1) is 0 Å². The third-order valence-corrected chi connectivity index (χ3v) is 5.70. The van der Waals surface area contributed by atoms with E-state index in [2.05, 4.69) is 48.5 Å². The van der Waals surface area contributed by atoms with Gasteiger partial charge in [-0.05, 0) is 49.8 Å². The Bertz CT molecular complexity index is 453. The van der Waals surface area contributed by atoms with Gasteiger partial charge in [0, 0.05) is 24.8 Å². The Hall–Kier alpha value is -1.02. The molecule has 0 bridgehead atoms. The second kappa shape index (κ2) is 6.83. The monoisotopic (exact) mass is 286 g/mol. The van der Waals surface area contributed by atoms with Crippen LogP contribution in [0.4, 0.5) is 5.69 Å². The van der Waals surface area contributed by atoms with E-state index >= 15 is 0 Å². The summed E-state index contributed by atoms with van der Waals surface area (Å²) < 4.78 is 0. The number of nitrogens with zero attached hydrogens (tertiary/aromatic N) is 1. The zero-order chi connectivity index (χ0) is 14.7. The summed E-state index contributed by atoms with van der Waals surface area (Å²) in [5.41, 5.74) is 2.96. The lowest BCUT2D eigenvalue weighted by Crippen LogP contribution is -2.42. The van der Waals surface area contributed by atoms with Crippen molar-refractivity contribution in [1.82, 2.24) is 5.32 Å². The fourth-order valence-corrected chi connectivity index (χ4v) is 4.47. The molecule has 0 amide bonds. The van der Waals surface area contributed by atoms with Gasteiger partial charge in [-0.25, -0.2) is 0 Å². The first kappa shape index (κ1) is 14.9. The molecule has 21 heavy (non-hydrogen) atoms. The van der Waals surface area contributed by atoms with Crippen molar-refractivity contribution in [3.63, 3.8) is 0 Å². The van der Waals surface area contributed by atoms with Crippen LogP contribution < -0.4 is 10.2 Å². The van der Waals surface area contributed by atoms with Crippen molar-refractivity contribution in [2.75, 3.05) is 25.0 Å². The second-order valence-corrected chi connectivity index (χ2v) is 6.85. The summed E-state index contributed by atoms with van der Waals surface area (Å²) in [5, 5.41) is 3.48. The van der Waals surface area contributed by atoms with E-state index in [4.69, 9.17) is 0 Å². The molecule has 2 fully saturated rings. The predicted molar refractivity (Wildman–Crippen MR) is 90.8 cm³/mol. The first-order valence-corrected chi connectivity index (χ1v) is 8.84. The van der Waals surface area contributed by atoms with E-state index in [1.165, 1.54) is 56.4 Å². The lowest BCUT2D eigenvalue weighted by Gasteiger charge is -2.43. The third kappa shape index (κ3) is 3.11. The Morgan fingerprint density at radius 1 is 1.14 bits per heavy atom. The summed E-state index contributed by atoms with van der Waals surface area (Å²) in [5.74, 6) is 1.95. The fraction of sp³-hybridized carbons (Fsp3) is 0.684. The summed E-state index contributed by atoms with van der Waals surface area (Å²) in [6.45, 7) is 4.80. The lowest BCUT2D eigenvalue weighted by atomic mass is 9.75. The topological polar surface area (TPSA) is 15.3 Å². The van der Waals surface area contributed by atoms with Gasteiger partial charge in [-0.3, -0.25) is 0 Å². The molecule has 2 heteroatoms. The molecular formula is C19H30N2. The molecule has 3 atom stereocenters. The van der Waals surface area contributed by atoms with Crippen molar-refractivity contribution in [3.8, 4) is 0 Å². The average Bonchev–Trinajstić information content (AvgIpc) is 2.56. The van der Waals surface area contributed by atoms with Crippen molar-refractivity contribution in [1.29, 1.82) is 0 Å². The fourth-order valence-electron chi connectivity index (χ4n) is 4.47. The summed E-state index contributed by atoms with van der Waals surface area (Å²) in [4.78, 5) is 2.67. The first-order chi connectivity index (χ1) is 10.3. The van der Waals surface area contributed by atoms with Crippen molar-refractivity contribution >= 4 is 5.69 Å². The molecule has 116 valence electrons. The van der Waals surface area contributed by atoms with E-state index < -0.39 is 0 Å². The zero-order valence-corrected chi connectivity index (χ0v) is 13.6. The van der Waals surface area contributed by atoms with Crippen LogP contribution in [-0.4, -0.2) is 20.1 Å². The van der Waals surface area contributed by atoms with Gasteiger partial charge < -0.3 is 10.2 Å². The maximum atomic E-state index is 3.48. The molecule has 2 nitrogen and oxygen atoms in total. The number of anilines is 1. The average molecular weight is 286 g/mol. The highest BCUT2D eigenvalue weighted by molar-refractivity contribution is 5.55. The molecule has 3 rings (SSSR count). The van der Waals surface area contributed by atoms with Gasteiger partial charge in [0.25, 0.3) is 0 Å². The molecule has 0 radical (unpaired) electrons. The Morgan fingerprint density at radius 3 is 2.67 bits per heavy atom. The van der Waals surface area contributed by atoms with Crippen molar-refractivity contribution in [2.45, 2.75) is 51.5 Å². The van der Waals surface area contributed by atoms with Gasteiger partial charge in [-0.2, -0.15) is 0 Å². The number of para-hydroxylation sites is 1. The number of benzene rings is 1. The molecule has 1 saturated carbocycles. The van der Waals surface area contributed by atoms with Crippen LogP contribution in [0.25, 0.3) is 0 Å². The van der Waals surface area contributed by atoms with Crippen LogP contribution in [0.3, 0.4) is 0 Å². The SMILES string of the molecule is CCC(NC)c1ccccc1N1CCC2CCCCC2C1. The number of nitrogens with one attached hydrogen (secondary N) is 1. The van der Waals surface area contributed by atoms with Crippen LogP contribution >= 0.6 is 0 Å². The number of piperidine rings is 1. The Morgan fingerprint density at radius 2 is 1.90 bits per heavy atom. The number of rotatable bonds is 4. The van der Waals surface area contributed by atoms with E-state index in [-0.39, 0.29) is 0 Å². The Kier molecular flexibility index (Phi) is 4.84. The molecular weight excluding hydrogens is 256 g/mol. The van der Waals surface area contributed by atoms with E-state index in [0.717, 1.165) is 18.3 Å². The van der Waals surface area contributed by atoms with Crippen LogP contribution in [0.15, 0.2) is 24.3 Å². The number of fused-ring (bicyclic) bond motifs is 1. The number of hydrogen-bond donors (Lipinski definition) is 1. The largest absolute Gasteiger partial charge is 0.371 e. The minimum absolute atomic E-state index is 0.477. The summed E-state index contributed by atoms with van der Waals surface area (Å²) in [7, 11) is 2.08. The van der Waals surface area contributed by atoms with E-state index in [0.29, 0.717) is 6.04 Å². The maximum Gasteiger partial charge on any atom is 0.0414 e. The van der Waals surface area contributed by atoms with Crippen molar-refractivity contribution < 1.29 is 0 Å². The van der Waals surface area contributed by atoms with Gasteiger partial charge in [0.05, 0.1) is 0 Å². The highest BCUT2D eigenvalue weighted by Gasteiger charge is 2.32. The summed E-state index contributed by atoms with van der Waals surface area (Å²) >= 11 is 0. The molecule has 0 aromatic heterocycles. The van der Waals surface area contributed by atoms with Gasteiger partial charge >= 0.3 is 0 Å². The number of hydrogen-bond acceptors (Lipinski definition) is 2. The molecule has 1 aromatic rings. The van der Waals surface area contributed by atoms with Crippen LogP contribution in [0.1, 0.15) is 57.1 Å². The van der Waals surface area contributed by atoms with Gasteiger partial charge in [0.15, 0.2) is 0 Å². The molecule has 1 aliphatic heterocycles. The van der Waals surface area contributed by atoms with E-state index in [1.807, 2.05) is 0 Å². The molecule has 1 saturated heterocycles. The highest BCUT2D eigenvalue weighted by Crippen LogP contribution is 2.39. The molecule has 1 heterocycles. The zero-order valence-electron chi connectivity index (χ0n) is 13.6. The van der Waals surface area contributed by atoms with Crippen molar-refractivity contribution in [3.05, 3.63) is 29.8 Å². The van der Waals surface area contributed by atoms with E-state index in [9.17, 15) is 0 Å². The summed E-state index contributed by atoms with van der Waals surface area (Å²) in [6, 6.07) is 9.51. The first-order valence-electron chi connectivity index (χ1n) is 8.84. The molecule has 3 unspecified atom stereocenters. The minimum atomic E-state index is 0.477. The van der Waals surface area contributed by atoms with Gasteiger partial charge in [0.2, 0.25) is 0 Å². The van der Waals surface area contributed by atoms with Gasteiger partial charge in [0.1, 0.15) is 0 Å². The van der Waals surface area contributed by atoms with Crippen LogP contribution in [0.5, 0.6) is 0 Å². The predicted octanol–water partition coefficient (Wildman–Crippen LogP) is 4.37. The second-order valence-electron chi connectivity index (χ2n) is 6.85. The minimum Gasteiger partial charge on any atom is -0.371 e. The molecule has 0 spiro atoms. The van der Waals surface area contributed by atoms with E-state index in [1.54, 1.807) is 0 Å². The Labute approximate surface area is 129 Å². The lowest BCUT2D eigenvalue weighted by molar-refractivity contribution is 0.202. The van der Waals surface area contributed by atoms with Crippen LogP contribution in [0, 0.1) is 11.8 Å². The van der Waals surface area contributed by atoms with Crippen LogP contribution in [0.2, 0.25) is 0 Å². The molecule has 1 aliphatic carbocycles. The molecule has 1 aromatic carbocycles. The normalized spacial score (nSPS) is 27.2. The molecule has 1 N–H and O–H groups in total. The summed E-state index contributed by atoms with van der Waals surface area (Å²) in [6.07, 6.45) is 8.39. The standard InChI is InChI=1S/C19H30N2/c1-3-18(20-2)17-10-6-7-11-19(17)21-13-12-15-8-4-5-9-16(15)14-21/h6-7,10-11,15-16,18,20H,3-5,8-9,12-14H2,1-2H3. The maximum absolute atomic E-state index is 3.48. The third-order valence-electron chi connectivity index (χ3n) is 5.70. The van der Waals surface area contributed by atoms with Gasteiger partial charge in [-0.1, -0.05) is 44.4 Å². The van der Waals surface area contributed by atoms with Crippen molar-refractivity contribution in [2.24, 2.45) is 11.8 Å². The highest BCUT2D eigenvalue weighted by atomic mass is 15.1.